The smallest absolute Gasteiger partial charge is 0 e. The van der Waals surface area contributed by atoms with Crippen LogP contribution in [-0.2, 0) is 36.5 Å². The fourth-order valence-corrected chi connectivity index (χ4v) is 0. The SMILES string of the molecule is O.[Cu].[Mg].[Zn]. The van der Waals surface area contributed by atoms with E-state index in [1.54, 1.807) is 0 Å². The van der Waals surface area contributed by atoms with Gasteiger partial charge in [0.25, 0.3) is 0 Å². The Kier molecular flexibility index (Phi) is 208. The Bertz CT molecular complexity index is 8.00. The minimum absolute atomic E-state index is 0. The van der Waals surface area contributed by atoms with E-state index in [4.69, 9.17) is 0 Å². The van der Waals surface area contributed by atoms with Crippen molar-refractivity contribution in [2.75, 3.05) is 0 Å². The Labute approximate surface area is 64.6 Å². The molecule has 0 bridgehead atoms. The molecule has 0 aliphatic carbocycles. The number of hydrogen-bond donors (Lipinski definition) is 0. The summed E-state index contributed by atoms with van der Waals surface area (Å²) in [6.07, 6.45) is 0. The van der Waals surface area contributed by atoms with Crippen LogP contribution in [0.3, 0.4) is 0 Å². The molecule has 0 fully saturated rings. The normalized spacial score (nSPS) is 0. The standard InChI is InChI=1S/Cu.Mg.H2O.Zn/h;;1H2;. The Morgan fingerprint density at radius 2 is 1.00 bits per heavy atom. The van der Waals surface area contributed by atoms with Gasteiger partial charge in [-0.15, -0.1) is 0 Å². The fraction of sp³-hybridized carbons (Fsp3) is 0. The third-order valence-corrected chi connectivity index (χ3v) is 0. The molecule has 23 valence electrons. The summed E-state index contributed by atoms with van der Waals surface area (Å²) in [5.74, 6) is 0. The van der Waals surface area contributed by atoms with Gasteiger partial charge in [-0.3, -0.25) is 0 Å². The maximum Gasteiger partial charge on any atom is 0 e. The summed E-state index contributed by atoms with van der Waals surface area (Å²) in [7, 11) is 0. The largest absolute Gasteiger partial charge is 0.412 e. The number of hydrogen-bond acceptors (Lipinski definition) is 0. The van der Waals surface area contributed by atoms with Crippen molar-refractivity contribution in [2.24, 2.45) is 0 Å². The molecule has 0 spiro atoms. The summed E-state index contributed by atoms with van der Waals surface area (Å²) < 4.78 is 0. The van der Waals surface area contributed by atoms with Gasteiger partial charge in [0.15, 0.2) is 0 Å². The molecule has 1 nitrogen and oxygen atoms in total. The van der Waals surface area contributed by atoms with Crippen LogP contribution in [0.1, 0.15) is 0 Å². The van der Waals surface area contributed by atoms with E-state index in [0.29, 0.717) is 0 Å². The summed E-state index contributed by atoms with van der Waals surface area (Å²) in [4.78, 5) is 0. The quantitative estimate of drug-likeness (QED) is 0.410. The van der Waals surface area contributed by atoms with Crippen molar-refractivity contribution in [3.05, 3.63) is 0 Å². The van der Waals surface area contributed by atoms with Crippen LogP contribution in [0.15, 0.2) is 0 Å². The molecule has 3 radical (unpaired) electrons. The molecule has 0 aliphatic rings. The molecule has 0 aromatic carbocycles. The van der Waals surface area contributed by atoms with E-state index in [2.05, 4.69) is 0 Å². The van der Waals surface area contributed by atoms with Crippen molar-refractivity contribution < 1.29 is 42.0 Å². The van der Waals surface area contributed by atoms with Crippen LogP contribution in [0.25, 0.3) is 0 Å². The van der Waals surface area contributed by atoms with E-state index in [1.165, 1.54) is 0 Å². The molecule has 0 aromatic heterocycles. The van der Waals surface area contributed by atoms with Crippen molar-refractivity contribution in [3.8, 4) is 0 Å². The van der Waals surface area contributed by atoms with Gasteiger partial charge in [0.05, 0.1) is 0 Å². The van der Waals surface area contributed by atoms with Crippen molar-refractivity contribution >= 4 is 23.1 Å². The van der Waals surface area contributed by atoms with Crippen LogP contribution in [0.5, 0.6) is 0 Å². The summed E-state index contributed by atoms with van der Waals surface area (Å²) in [6, 6.07) is 0. The first-order valence-corrected chi connectivity index (χ1v) is 0. The van der Waals surface area contributed by atoms with Gasteiger partial charge in [0, 0.05) is 59.6 Å². The topological polar surface area (TPSA) is 31.5 Å². The van der Waals surface area contributed by atoms with E-state index in [-0.39, 0.29) is 65.1 Å². The second kappa shape index (κ2) is 20.9. The molecular weight excluding hydrogens is 169 g/mol. The van der Waals surface area contributed by atoms with Gasteiger partial charge in [-0.1, -0.05) is 0 Å². The van der Waals surface area contributed by atoms with Crippen LogP contribution in [0.4, 0.5) is 0 Å². The molecule has 0 atom stereocenters. The maximum atomic E-state index is 0. The molecule has 0 aliphatic heterocycles. The first kappa shape index (κ1) is 39.8. The van der Waals surface area contributed by atoms with Crippen LogP contribution in [-0.4, -0.2) is 28.5 Å². The Balaban J connectivity index is 0. The van der Waals surface area contributed by atoms with Crippen molar-refractivity contribution in [1.29, 1.82) is 0 Å². The zero-order valence-electron chi connectivity index (χ0n) is 2.22. The van der Waals surface area contributed by atoms with Crippen molar-refractivity contribution in [3.63, 3.8) is 0 Å². The van der Waals surface area contributed by atoms with Gasteiger partial charge >= 0.3 is 0 Å². The van der Waals surface area contributed by atoms with Gasteiger partial charge in [0.1, 0.15) is 0 Å². The van der Waals surface area contributed by atoms with E-state index in [1.807, 2.05) is 0 Å². The molecule has 0 saturated heterocycles. The van der Waals surface area contributed by atoms with Gasteiger partial charge in [-0.25, -0.2) is 0 Å². The van der Waals surface area contributed by atoms with Crippen LogP contribution < -0.4 is 0 Å². The molecule has 0 amide bonds. The summed E-state index contributed by atoms with van der Waals surface area (Å²) in [5.41, 5.74) is 0. The van der Waals surface area contributed by atoms with Crippen LogP contribution >= 0.6 is 0 Å². The first-order chi connectivity index (χ1) is 0. The average Bonchev–Trinajstić information content (AvgIpc) is 0. The molecule has 2 N–H and O–H groups in total. The second-order valence-electron chi connectivity index (χ2n) is 0. The fourth-order valence-electron chi connectivity index (χ4n) is 0. The van der Waals surface area contributed by atoms with Crippen LogP contribution in [0, 0.1) is 0 Å². The molecule has 0 rings (SSSR count). The first-order valence-electron chi connectivity index (χ1n) is 0. The third kappa shape index (κ3) is 9.12. The van der Waals surface area contributed by atoms with E-state index in [9.17, 15) is 0 Å². The second-order valence-corrected chi connectivity index (χ2v) is 0. The Hall–Kier alpha value is 1.87. The average molecular weight is 171 g/mol. The van der Waals surface area contributed by atoms with Gasteiger partial charge in [-0.05, 0) is 0 Å². The molecule has 0 saturated carbocycles. The molecule has 4 heteroatoms. The van der Waals surface area contributed by atoms with E-state index < -0.39 is 0 Å². The van der Waals surface area contributed by atoms with Gasteiger partial charge in [0.2, 0.25) is 0 Å². The minimum Gasteiger partial charge on any atom is -0.412 e. The maximum absolute atomic E-state index is 0. The monoisotopic (exact) mass is 169 g/mol. The third-order valence-electron chi connectivity index (χ3n) is 0. The molecule has 0 heterocycles. The summed E-state index contributed by atoms with van der Waals surface area (Å²) in [6.45, 7) is 0. The molecule has 4 heavy (non-hydrogen) atoms. The minimum atomic E-state index is 0. The zero-order valence-corrected chi connectivity index (χ0v) is 7.54. The number of rotatable bonds is 0. The molecular formula is H2CuMgOZn. The Morgan fingerprint density at radius 3 is 1.00 bits per heavy atom. The molecule has 0 unspecified atom stereocenters. The predicted molar refractivity (Wildman–Crippen MR) is 9.37 cm³/mol. The van der Waals surface area contributed by atoms with Crippen molar-refractivity contribution in [1.82, 2.24) is 0 Å². The van der Waals surface area contributed by atoms with Crippen LogP contribution in [0.2, 0.25) is 0 Å². The Morgan fingerprint density at radius 1 is 1.00 bits per heavy atom. The van der Waals surface area contributed by atoms with Gasteiger partial charge in [-0.2, -0.15) is 0 Å². The van der Waals surface area contributed by atoms with Gasteiger partial charge < -0.3 is 5.48 Å². The van der Waals surface area contributed by atoms with E-state index >= 15 is 0 Å². The predicted octanol–water partition coefficient (Wildman–Crippen LogP) is -1.21. The zero-order chi connectivity index (χ0) is 0. The molecule has 0 aromatic rings. The van der Waals surface area contributed by atoms with Crippen molar-refractivity contribution in [2.45, 2.75) is 0 Å². The summed E-state index contributed by atoms with van der Waals surface area (Å²) in [5, 5.41) is 0. The van der Waals surface area contributed by atoms with E-state index in [0.717, 1.165) is 0 Å². The summed E-state index contributed by atoms with van der Waals surface area (Å²) >= 11 is 0.